The van der Waals surface area contributed by atoms with Gasteiger partial charge in [0.15, 0.2) is 0 Å². The molecule has 0 aliphatic rings. The van der Waals surface area contributed by atoms with Gasteiger partial charge in [-0.3, -0.25) is 0 Å². The zero-order chi connectivity index (χ0) is 10.6. The second-order valence-electron chi connectivity index (χ2n) is 2.73. The number of halogens is 1. The Morgan fingerprint density at radius 3 is 2.79 bits per heavy atom. The molecule has 0 heterocycles. The first-order chi connectivity index (χ1) is 6.69. The lowest BCUT2D eigenvalue weighted by Crippen LogP contribution is -2.01. The van der Waals surface area contributed by atoms with Crippen molar-refractivity contribution in [3.63, 3.8) is 0 Å². The topological polar surface area (TPSA) is 26.3 Å². The Labute approximate surface area is 96.2 Å². The van der Waals surface area contributed by atoms with Crippen LogP contribution in [0.2, 0.25) is 0 Å². The van der Waals surface area contributed by atoms with E-state index in [0.29, 0.717) is 5.56 Å². The van der Waals surface area contributed by atoms with Crippen LogP contribution in [0.1, 0.15) is 15.9 Å². The lowest BCUT2D eigenvalue weighted by atomic mass is 10.1. The highest BCUT2D eigenvalue weighted by atomic mass is 79.9. The number of thioether (sulfide) groups is 1. The number of esters is 1. The van der Waals surface area contributed by atoms with Crippen molar-refractivity contribution in [3.05, 3.63) is 33.8 Å². The maximum absolute atomic E-state index is 11.2. The first kappa shape index (κ1) is 11.6. The molecule has 1 rings (SSSR count). The fraction of sp³-hybridized carbons (Fsp3) is 0.300. The van der Waals surface area contributed by atoms with Crippen molar-refractivity contribution in [2.24, 2.45) is 0 Å². The summed E-state index contributed by atoms with van der Waals surface area (Å²) in [5.74, 6) is 0.628. The van der Waals surface area contributed by atoms with Crippen molar-refractivity contribution >= 4 is 33.7 Å². The molecule has 0 atom stereocenters. The van der Waals surface area contributed by atoms with E-state index < -0.39 is 0 Å². The summed E-state index contributed by atoms with van der Waals surface area (Å²) in [6.45, 7) is 0. The minimum atomic E-state index is -0.304. The molecule has 0 aromatic heterocycles. The Morgan fingerprint density at radius 1 is 1.57 bits per heavy atom. The zero-order valence-electron chi connectivity index (χ0n) is 8.04. The maximum Gasteiger partial charge on any atom is 0.337 e. The number of hydrogen-bond acceptors (Lipinski definition) is 3. The number of ether oxygens (including phenoxy) is 1. The summed E-state index contributed by atoms with van der Waals surface area (Å²) < 4.78 is 5.58. The first-order valence-corrected chi connectivity index (χ1v) is 6.23. The van der Waals surface area contributed by atoms with Gasteiger partial charge in [-0.1, -0.05) is 22.0 Å². The molecule has 1 aromatic carbocycles. The maximum atomic E-state index is 11.2. The lowest BCUT2D eigenvalue weighted by molar-refractivity contribution is 0.0600. The molecule has 0 saturated carbocycles. The molecule has 0 bridgehead atoms. The summed E-state index contributed by atoms with van der Waals surface area (Å²) in [5.41, 5.74) is 1.76. The molecular formula is C10H11BrO2S. The Bertz CT molecular complexity index is 339. The highest BCUT2D eigenvalue weighted by Gasteiger charge is 2.07. The van der Waals surface area contributed by atoms with E-state index in [-0.39, 0.29) is 5.97 Å². The third-order valence-electron chi connectivity index (χ3n) is 1.77. The van der Waals surface area contributed by atoms with Crippen molar-refractivity contribution in [2.45, 2.75) is 5.75 Å². The average Bonchev–Trinajstić information content (AvgIpc) is 2.20. The molecule has 0 aliphatic heterocycles. The zero-order valence-corrected chi connectivity index (χ0v) is 10.4. The number of methoxy groups -OCH3 is 1. The standard InChI is InChI=1S/C10H11BrO2S/c1-13-10(12)7-3-4-8(6-14-2)9(11)5-7/h3-5H,6H2,1-2H3. The molecule has 0 radical (unpaired) electrons. The highest BCUT2D eigenvalue weighted by molar-refractivity contribution is 9.10. The van der Waals surface area contributed by atoms with Crippen LogP contribution in [0.3, 0.4) is 0 Å². The van der Waals surface area contributed by atoms with Crippen molar-refractivity contribution in [2.75, 3.05) is 13.4 Å². The molecule has 4 heteroatoms. The molecule has 1 aromatic rings. The van der Waals surface area contributed by atoms with Crippen LogP contribution in [0, 0.1) is 0 Å². The third kappa shape index (κ3) is 2.75. The van der Waals surface area contributed by atoms with Crippen molar-refractivity contribution in [1.29, 1.82) is 0 Å². The molecule has 0 saturated heterocycles. The van der Waals surface area contributed by atoms with E-state index in [9.17, 15) is 4.79 Å². The van der Waals surface area contributed by atoms with Crippen LogP contribution < -0.4 is 0 Å². The Kier molecular flexibility index (Phi) is 4.48. The van der Waals surface area contributed by atoms with E-state index in [1.165, 1.54) is 12.7 Å². The van der Waals surface area contributed by atoms with E-state index in [2.05, 4.69) is 20.7 Å². The third-order valence-corrected chi connectivity index (χ3v) is 3.11. The van der Waals surface area contributed by atoms with E-state index in [1.54, 1.807) is 23.9 Å². The van der Waals surface area contributed by atoms with E-state index >= 15 is 0 Å². The van der Waals surface area contributed by atoms with Gasteiger partial charge in [-0.05, 0) is 24.0 Å². The van der Waals surface area contributed by atoms with Gasteiger partial charge in [-0.2, -0.15) is 11.8 Å². The van der Waals surface area contributed by atoms with Gasteiger partial charge in [0.1, 0.15) is 0 Å². The summed E-state index contributed by atoms with van der Waals surface area (Å²) >= 11 is 5.17. The van der Waals surface area contributed by atoms with Gasteiger partial charge < -0.3 is 4.74 Å². The quantitative estimate of drug-likeness (QED) is 0.793. The number of carbonyl (C=O) groups excluding carboxylic acids is 1. The molecule has 14 heavy (non-hydrogen) atoms. The molecule has 0 unspecified atom stereocenters. The molecule has 76 valence electrons. The molecular weight excluding hydrogens is 264 g/mol. The van der Waals surface area contributed by atoms with Crippen molar-refractivity contribution < 1.29 is 9.53 Å². The predicted molar refractivity (Wildman–Crippen MR) is 62.7 cm³/mol. The SMILES string of the molecule is COC(=O)c1ccc(CSC)c(Br)c1. The Balaban J connectivity index is 2.94. The smallest absolute Gasteiger partial charge is 0.337 e. The van der Waals surface area contributed by atoms with E-state index in [4.69, 9.17) is 0 Å². The summed E-state index contributed by atoms with van der Waals surface area (Å²) in [4.78, 5) is 11.2. The Morgan fingerprint density at radius 2 is 2.29 bits per heavy atom. The second kappa shape index (κ2) is 5.41. The minimum Gasteiger partial charge on any atom is -0.465 e. The fourth-order valence-electron chi connectivity index (χ4n) is 1.06. The summed E-state index contributed by atoms with van der Waals surface area (Å²) in [6.07, 6.45) is 2.04. The van der Waals surface area contributed by atoms with Crippen LogP contribution in [-0.4, -0.2) is 19.3 Å². The van der Waals surface area contributed by atoms with Gasteiger partial charge in [0.05, 0.1) is 12.7 Å². The fourth-order valence-corrected chi connectivity index (χ4v) is 2.33. The number of hydrogen-bond donors (Lipinski definition) is 0. The first-order valence-electron chi connectivity index (χ1n) is 4.04. The monoisotopic (exact) mass is 274 g/mol. The molecule has 0 spiro atoms. The van der Waals surface area contributed by atoms with Gasteiger partial charge in [0.25, 0.3) is 0 Å². The van der Waals surface area contributed by atoms with Crippen LogP contribution in [0.4, 0.5) is 0 Å². The van der Waals surface area contributed by atoms with Gasteiger partial charge in [-0.15, -0.1) is 0 Å². The number of carbonyl (C=O) groups is 1. The van der Waals surface area contributed by atoms with Crippen LogP contribution in [-0.2, 0) is 10.5 Å². The molecule has 0 amide bonds. The molecule has 2 nitrogen and oxygen atoms in total. The van der Waals surface area contributed by atoms with E-state index in [1.807, 2.05) is 12.3 Å². The molecule has 0 N–H and O–H groups in total. The largest absolute Gasteiger partial charge is 0.465 e. The van der Waals surface area contributed by atoms with Crippen molar-refractivity contribution in [1.82, 2.24) is 0 Å². The highest BCUT2D eigenvalue weighted by Crippen LogP contribution is 2.22. The lowest BCUT2D eigenvalue weighted by Gasteiger charge is -2.04. The number of rotatable bonds is 3. The van der Waals surface area contributed by atoms with Gasteiger partial charge in [0.2, 0.25) is 0 Å². The predicted octanol–water partition coefficient (Wildman–Crippen LogP) is 3.10. The van der Waals surface area contributed by atoms with Crippen LogP contribution in [0.25, 0.3) is 0 Å². The second-order valence-corrected chi connectivity index (χ2v) is 4.45. The van der Waals surface area contributed by atoms with Crippen LogP contribution in [0.15, 0.2) is 22.7 Å². The van der Waals surface area contributed by atoms with Gasteiger partial charge >= 0.3 is 5.97 Å². The minimum absolute atomic E-state index is 0.304. The van der Waals surface area contributed by atoms with Gasteiger partial charge in [0, 0.05) is 10.2 Å². The Hall–Kier alpha value is -0.480. The van der Waals surface area contributed by atoms with Crippen LogP contribution in [0.5, 0.6) is 0 Å². The normalized spacial score (nSPS) is 9.93. The number of benzene rings is 1. The molecule has 0 fully saturated rings. The van der Waals surface area contributed by atoms with Crippen molar-refractivity contribution in [3.8, 4) is 0 Å². The van der Waals surface area contributed by atoms with E-state index in [0.717, 1.165) is 10.2 Å². The summed E-state index contributed by atoms with van der Waals surface area (Å²) in [7, 11) is 1.38. The molecule has 0 aliphatic carbocycles. The summed E-state index contributed by atoms with van der Waals surface area (Å²) in [5, 5.41) is 0. The van der Waals surface area contributed by atoms with Gasteiger partial charge in [-0.25, -0.2) is 4.79 Å². The van der Waals surface area contributed by atoms with Crippen LogP contribution >= 0.6 is 27.7 Å². The summed E-state index contributed by atoms with van der Waals surface area (Å²) in [6, 6.07) is 5.51. The average molecular weight is 275 g/mol.